The molecule has 0 radical (unpaired) electrons. The third-order valence-electron chi connectivity index (χ3n) is 1.53. The van der Waals surface area contributed by atoms with E-state index in [2.05, 4.69) is 5.32 Å². The molecule has 9 heavy (non-hydrogen) atoms. The molecule has 54 valence electrons. The van der Waals surface area contributed by atoms with Crippen molar-refractivity contribution in [3.63, 3.8) is 0 Å². The first kappa shape index (κ1) is 7.18. The van der Waals surface area contributed by atoms with E-state index in [1.165, 1.54) is 0 Å². The summed E-state index contributed by atoms with van der Waals surface area (Å²) in [5.41, 5.74) is 0. The summed E-state index contributed by atoms with van der Waals surface area (Å²) in [7, 11) is 0. The molecule has 1 fully saturated rings. The number of rotatable bonds is 2. The van der Waals surface area contributed by atoms with Crippen LogP contribution >= 0.6 is 0 Å². The van der Waals surface area contributed by atoms with Crippen molar-refractivity contribution in [3.05, 3.63) is 0 Å². The first-order valence-electron chi connectivity index (χ1n) is 3.05. The monoisotopic (exact) mass is 148 g/mol. The SMILES string of the molecule is O=S([O-])CC1CCNC1. The van der Waals surface area contributed by atoms with Crippen molar-refractivity contribution in [1.82, 2.24) is 5.32 Å². The van der Waals surface area contributed by atoms with Crippen LogP contribution in [0.15, 0.2) is 0 Å². The van der Waals surface area contributed by atoms with Gasteiger partial charge in [-0.15, -0.1) is 0 Å². The molecule has 0 aliphatic carbocycles. The summed E-state index contributed by atoms with van der Waals surface area (Å²) in [6, 6.07) is 0. The van der Waals surface area contributed by atoms with Gasteiger partial charge in [0.2, 0.25) is 0 Å². The molecule has 4 heteroatoms. The second kappa shape index (κ2) is 3.29. The van der Waals surface area contributed by atoms with Crippen molar-refractivity contribution in [2.45, 2.75) is 6.42 Å². The van der Waals surface area contributed by atoms with Crippen LogP contribution in [0.4, 0.5) is 0 Å². The summed E-state index contributed by atoms with van der Waals surface area (Å²) in [6.45, 7) is 1.84. The molecule has 1 aliphatic rings. The Labute approximate surface area is 57.1 Å². The summed E-state index contributed by atoms with van der Waals surface area (Å²) in [5.74, 6) is 0.691. The lowest BCUT2D eigenvalue weighted by atomic mass is 10.2. The molecular weight excluding hydrogens is 138 g/mol. The van der Waals surface area contributed by atoms with Crippen LogP contribution in [0.25, 0.3) is 0 Å². The average molecular weight is 148 g/mol. The van der Waals surface area contributed by atoms with Gasteiger partial charge in [0.1, 0.15) is 0 Å². The Kier molecular flexibility index (Phi) is 2.63. The smallest absolute Gasteiger partial charge is 0.0142 e. The molecule has 0 aromatic carbocycles. The number of hydrogen-bond acceptors (Lipinski definition) is 3. The van der Waals surface area contributed by atoms with Gasteiger partial charge in [0.15, 0.2) is 0 Å². The molecule has 1 saturated heterocycles. The molecule has 0 amide bonds. The zero-order valence-electron chi connectivity index (χ0n) is 5.13. The predicted molar refractivity (Wildman–Crippen MR) is 34.8 cm³/mol. The number of hydrogen-bond donors (Lipinski definition) is 1. The van der Waals surface area contributed by atoms with Crippen molar-refractivity contribution < 1.29 is 8.76 Å². The highest BCUT2D eigenvalue weighted by Gasteiger charge is 2.13. The van der Waals surface area contributed by atoms with Crippen LogP contribution in [-0.4, -0.2) is 27.6 Å². The average Bonchev–Trinajstić information content (AvgIpc) is 2.15. The molecule has 0 saturated carbocycles. The van der Waals surface area contributed by atoms with E-state index >= 15 is 0 Å². The molecule has 3 nitrogen and oxygen atoms in total. The maximum Gasteiger partial charge on any atom is 0.0142 e. The van der Waals surface area contributed by atoms with Gasteiger partial charge in [-0.3, -0.25) is 4.21 Å². The van der Waals surface area contributed by atoms with Crippen LogP contribution in [0.5, 0.6) is 0 Å². The third kappa shape index (κ3) is 2.43. The Morgan fingerprint density at radius 1 is 1.78 bits per heavy atom. The Morgan fingerprint density at radius 3 is 3.00 bits per heavy atom. The molecule has 2 atom stereocenters. The molecule has 2 unspecified atom stereocenters. The van der Waals surface area contributed by atoms with E-state index in [1.807, 2.05) is 0 Å². The molecular formula is C5H10NO2S-. The molecule has 0 bridgehead atoms. The Morgan fingerprint density at radius 2 is 2.56 bits per heavy atom. The highest BCUT2D eigenvalue weighted by Crippen LogP contribution is 2.07. The summed E-state index contributed by atoms with van der Waals surface area (Å²) in [4.78, 5) is 0. The van der Waals surface area contributed by atoms with Crippen LogP contribution in [0, 0.1) is 5.92 Å². The van der Waals surface area contributed by atoms with Crippen LogP contribution in [0.3, 0.4) is 0 Å². The van der Waals surface area contributed by atoms with E-state index in [0.29, 0.717) is 11.7 Å². The molecule has 0 aromatic rings. The Bertz CT molecular complexity index is 112. The number of nitrogens with one attached hydrogen (secondary N) is 1. The Balaban J connectivity index is 2.19. The first-order chi connectivity index (χ1) is 4.29. The zero-order chi connectivity index (χ0) is 6.69. The summed E-state index contributed by atoms with van der Waals surface area (Å²) >= 11 is -1.85. The van der Waals surface area contributed by atoms with Gasteiger partial charge in [-0.1, -0.05) is 11.1 Å². The minimum atomic E-state index is -1.85. The van der Waals surface area contributed by atoms with E-state index in [-0.39, 0.29) is 0 Å². The quantitative estimate of drug-likeness (QED) is 0.536. The standard InChI is InChI=1S/C5H11NO2S/c7-9(8)4-5-1-2-6-3-5/h5-6H,1-4H2,(H,7,8)/p-1. The molecule has 0 aromatic heterocycles. The first-order valence-corrected chi connectivity index (χ1v) is 4.30. The van der Waals surface area contributed by atoms with Crippen molar-refractivity contribution in [1.29, 1.82) is 0 Å². The maximum atomic E-state index is 10.1. The van der Waals surface area contributed by atoms with E-state index < -0.39 is 11.1 Å². The van der Waals surface area contributed by atoms with Crippen molar-refractivity contribution in [3.8, 4) is 0 Å². The summed E-state index contributed by atoms with van der Waals surface area (Å²) < 4.78 is 20.3. The lowest BCUT2D eigenvalue weighted by molar-refractivity contribution is 0.520. The van der Waals surface area contributed by atoms with Crippen molar-refractivity contribution in [2.75, 3.05) is 18.8 Å². The second-order valence-corrected chi connectivity index (χ2v) is 3.27. The van der Waals surface area contributed by atoms with Gasteiger partial charge in [-0.05, 0) is 25.4 Å². The summed E-state index contributed by atoms with van der Waals surface area (Å²) in [6.07, 6.45) is 1.01. The van der Waals surface area contributed by atoms with Gasteiger partial charge in [0.25, 0.3) is 0 Å². The minimum Gasteiger partial charge on any atom is -0.772 e. The fourth-order valence-electron chi connectivity index (χ4n) is 1.05. The van der Waals surface area contributed by atoms with E-state index in [9.17, 15) is 8.76 Å². The minimum absolute atomic E-state index is 0.326. The normalized spacial score (nSPS) is 30.6. The van der Waals surface area contributed by atoms with Crippen molar-refractivity contribution in [2.24, 2.45) is 5.92 Å². The van der Waals surface area contributed by atoms with E-state index in [0.717, 1.165) is 19.5 Å². The largest absolute Gasteiger partial charge is 0.772 e. The lowest BCUT2D eigenvalue weighted by Crippen LogP contribution is -2.14. The molecule has 1 rings (SSSR count). The van der Waals surface area contributed by atoms with Crippen LogP contribution in [0.2, 0.25) is 0 Å². The van der Waals surface area contributed by atoms with Gasteiger partial charge in [-0.2, -0.15) is 0 Å². The molecule has 1 N–H and O–H groups in total. The Hall–Kier alpha value is 0.0700. The van der Waals surface area contributed by atoms with Gasteiger partial charge < -0.3 is 9.87 Å². The zero-order valence-corrected chi connectivity index (χ0v) is 5.95. The highest BCUT2D eigenvalue weighted by molar-refractivity contribution is 7.79. The van der Waals surface area contributed by atoms with Gasteiger partial charge in [0, 0.05) is 5.75 Å². The fraction of sp³-hybridized carbons (Fsp3) is 1.00. The van der Waals surface area contributed by atoms with E-state index in [4.69, 9.17) is 0 Å². The van der Waals surface area contributed by atoms with Crippen LogP contribution in [0.1, 0.15) is 6.42 Å². The van der Waals surface area contributed by atoms with E-state index in [1.54, 1.807) is 0 Å². The van der Waals surface area contributed by atoms with Crippen LogP contribution in [-0.2, 0) is 11.1 Å². The van der Waals surface area contributed by atoms with Crippen LogP contribution < -0.4 is 5.32 Å². The van der Waals surface area contributed by atoms with Gasteiger partial charge in [0.05, 0.1) is 0 Å². The fourth-order valence-corrected chi connectivity index (χ4v) is 1.72. The lowest BCUT2D eigenvalue weighted by Gasteiger charge is -2.09. The second-order valence-electron chi connectivity index (χ2n) is 2.33. The predicted octanol–water partition coefficient (Wildman–Crippen LogP) is -0.525. The highest BCUT2D eigenvalue weighted by atomic mass is 32.2. The maximum absolute atomic E-state index is 10.1. The topological polar surface area (TPSA) is 52.2 Å². The summed E-state index contributed by atoms with van der Waals surface area (Å²) in [5, 5.41) is 3.10. The van der Waals surface area contributed by atoms with Gasteiger partial charge >= 0.3 is 0 Å². The van der Waals surface area contributed by atoms with Gasteiger partial charge in [-0.25, -0.2) is 0 Å². The van der Waals surface area contributed by atoms with Crippen molar-refractivity contribution >= 4 is 11.1 Å². The molecule has 1 heterocycles. The third-order valence-corrected chi connectivity index (χ3v) is 2.28. The molecule has 0 spiro atoms. The molecule has 1 aliphatic heterocycles.